The minimum atomic E-state index is -0.237. The molecule has 2 N–H and O–H groups in total. The first-order chi connectivity index (χ1) is 13.5. The zero-order valence-electron chi connectivity index (χ0n) is 15.7. The molecule has 0 saturated carbocycles. The lowest BCUT2D eigenvalue weighted by Gasteiger charge is -2.13. The minimum Gasteiger partial charge on any atom is -0.508 e. The van der Waals surface area contributed by atoms with Crippen molar-refractivity contribution in [1.82, 2.24) is 9.78 Å². The van der Waals surface area contributed by atoms with E-state index in [1.807, 2.05) is 18.2 Å². The van der Waals surface area contributed by atoms with E-state index in [0.29, 0.717) is 23.2 Å². The van der Waals surface area contributed by atoms with Crippen LogP contribution in [0.5, 0.6) is 5.75 Å². The first-order valence-corrected chi connectivity index (χ1v) is 9.48. The van der Waals surface area contributed by atoms with E-state index in [2.05, 4.69) is 24.2 Å². The van der Waals surface area contributed by atoms with Gasteiger partial charge in [0.1, 0.15) is 5.75 Å². The van der Waals surface area contributed by atoms with Gasteiger partial charge >= 0.3 is 0 Å². The van der Waals surface area contributed by atoms with Gasteiger partial charge in [-0.15, -0.1) is 0 Å². The summed E-state index contributed by atoms with van der Waals surface area (Å²) < 4.78 is 1.37. The maximum Gasteiger partial charge on any atom is 0.272 e. The molecule has 0 aliphatic heterocycles. The highest BCUT2D eigenvalue weighted by Gasteiger charge is 2.13. The van der Waals surface area contributed by atoms with E-state index in [0.717, 1.165) is 23.6 Å². The van der Waals surface area contributed by atoms with Gasteiger partial charge in [0.15, 0.2) is 0 Å². The fourth-order valence-electron chi connectivity index (χ4n) is 3.68. The SMILES string of the molecule is CC(CCCC(=O)n1[nH]c(=O)c2ccccc21)c1ccc2cc(O)ccc2c1. The third kappa shape index (κ3) is 3.43. The second-order valence-electron chi connectivity index (χ2n) is 7.27. The van der Waals surface area contributed by atoms with E-state index in [1.165, 1.54) is 10.2 Å². The summed E-state index contributed by atoms with van der Waals surface area (Å²) >= 11 is 0. The summed E-state index contributed by atoms with van der Waals surface area (Å²) in [5.74, 6) is 0.480. The maximum absolute atomic E-state index is 12.6. The fourth-order valence-corrected chi connectivity index (χ4v) is 3.68. The van der Waals surface area contributed by atoms with Gasteiger partial charge in [0, 0.05) is 6.42 Å². The van der Waals surface area contributed by atoms with E-state index < -0.39 is 0 Å². The largest absolute Gasteiger partial charge is 0.508 e. The van der Waals surface area contributed by atoms with Crippen LogP contribution in [0.4, 0.5) is 0 Å². The van der Waals surface area contributed by atoms with Crippen molar-refractivity contribution in [3.63, 3.8) is 0 Å². The van der Waals surface area contributed by atoms with Crippen molar-refractivity contribution in [2.24, 2.45) is 0 Å². The van der Waals surface area contributed by atoms with Gasteiger partial charge in [-0.05, 0) is 59.4 Å². The Labute approximate surface area is 162 Å². The summed E-state index contributed by atoms with van der Waals surface area (Å²) in [4.78, 5) is 24.5. The molecule has 5 heteroatoms. The molecule has 0 fully saturated rings. The van der Waals surface area contributed by atoms with Crippen molar-refractivity contribution in [3.8, 4) is 5.75 Å². The summed E-state index contributed by atoms with van der Waals surface area (Å²) in [6, 6.07) is 18.7. The number of aromatic amines is 1. The van der Waals surface area contributed by atoms with Crippen molar-refractivity contribution in [2.45, 2.75) is 32.1 Å². The highest BCUT2D eigenvalue weighted by atomic mass is 16.3. The van der Waals surface area contributed by atoms with Crippen LogP contribution in [-0.4, -0.2) is 20.8 Å². The van der Waals surface area contributed by atoms with Crippen LogP contribution in [0.3, 0.4) is 0 Å². The van der Waals surface area contributed by atoms with Gasteiger partial charge in [-0.2, -0.15) is 0 Å². The van der Waals surface area contributed by atoms with Crippen molar-refractivity contribution in [3.05, 3.63) is 76.6 Å². The zero-order chi connectivity index (χ0) is 19.7. The van der Waals surface area contributed by atoms with Gasteiger partial charge in [0.2, 0.25) is 5.91 Å². The lowest BCUT2D eigenvalue weighted by atomic mass is 9.93. The number of hydrogen-bond acceptors (Lipinski definition) is 3. The van der Waals surface area contributed by atoms with Crippen molar-refractivity contribution >= 4 is 27.6 Å². The normalized spacial score (nSPS) is 12.5. The molecule has 0 saturated heterocycles. The summed E-state index contributed by atoms with van der Waals surface area (Å²) in [7, 11) is 0. The first-order valence-electron chi connectivity index (χ1n) is 9.48. The van der Waals surface area contributed by atoms with Crippen LogP contribution in [0.25, 0.3) is 21.7 Å². The molecule has 28 heavy (non-hydrogen) atoms. The Morgan fingerprint density at radius 1 is 1.07 bits per heavy atom. The summed E-state index contributed by atoms with van der Waals surface area (Å²) in [5.41, 5.74) is 1.60. The third-order valence-corrected chi connectivity index (χ3v) is 5.30. The van der Waals surface area contributed by atoms with Crippen molar-refractivity contribution in [2.75, 3.05) is 0 Å². The highest BCUT2D eigenvalue weighted by molar-refractivity contribution is 5.90. The van der Waals surface area contributed by atoms with Gasteiger partial charge in [-0.25, -0.2) is 4.68 Å². The molecule has 0 bridgehead atoms. The molecule has 0 aliphatic carbocycles. The number of para-hydroxylation sites is 1. The Morgan fingerprint density at radius 2 is 1.82 bits per heavy atom. The summed E-state index contributed by atoms with van der Waals surface area (Å²) in [6.45, 7) is 2.15. The molecule has 4 rings (SSSR count). The smallest absolute Gasteiger partial charge is 0.272 e. The van der Waals surface area contributed by atoms with E-state index in [9.17, 15) is 14.7 Å². The summed E-state index contributed by atoms with van der Waals surface area (Å²) in [6.07, 6.45) is 1.99. The molecule has 3 aromatic carbocycles. The molecule has 0 aliphatic rings. The number of nitrogens with one attached hydrogen (secondary N) is 1. The zero-order valence-corrected chi connectivity index (χ0v) is 15.7. The number of nitrogens with zero attached hydrogens (tertiary/aromatic N) is 1. The Kier molecular flexibility index (Phi) is 4.74. The highest BCUT2D eigenvalue weighted by Crippen LogP contribution is 2.27. The lowest BCUT2D eigenvalue weighted by Crippen LogP contribution is -2.15. The van der Waals surface area contributed by atoms with Crippen LogP contribution >= 0.6 is 0 Å². The second kappa shape index (κ2) is 7.35. The van der Waals surface area contributed by atoms with Crippen LogP contribution < -0.4 is 5.56 Å². The molecular weight excluding hydrogens is 352 g/mol. The number of fused-ring (bicyclic) bond motifs is 2. The average molecular weight is 374 g/mol. The Hall–Kier alpha value is -3.34. The fraction of sp³-hybridized carbons (Fsp3) is 0.217. The Bertz CT molecular complexity index is 1220. The number of aromatic nitrogens is 2. The predicted molar refractivity (Wildman–Crippen MR) is 111 cm³/mol. The topological polar surface area (TPSA) is 75.1 Å². The van der Waals surface area contributed by atoms with E-state index >= 15 is 0 Å². The molecule has 4 aromatic rings. The molecule has 1 atom stereocenters. The van der Waals surface area contributed by atoms with Gasteiger partial charge < -0.3 is 5.11 Å². The molecular formula is C23H22N2O3. The monoisotopic (exact) mass is 374 g/mol. The number of benzene rings is 3. The molecule has 1 aromatic heterocycles. The second-order valence-corrected chi connectivity index (χ2v) is 7.27. The van der Waals surface area contributed by atoms with Crippen LogP contribution in [0, 0.1) is 0 Å². The Balaban J connectivity index is 1.42. The number of carbonyl (C=O) groups excluding carboxylic acids is 1. The average Bonchev–Trinajstić information content (AvgIpc) is 3.04. The predicted octanol–water partition coefficient (Wildman–Crippen LogP) is 4.80. The van der Waals surface area contributed by atoms with Crippen LogP contribution in [0.2, 0.25) is 0 Å². The standard InChI is InChI=1S/C23H22N2O3/c1-15(16-9-10-18-14-19(26)12-11-17(18)13-16)5-4-8-22(27)25-21-7-3-2-6-20(21)23(28)24-25/h2-3,6-7,9-15,26H,4-5,8H2,1H3,(H,24,28). The minimum absolute atomic E-state index is 0.0977. The number of phenols is 1. The molecule has 5 nitrogen and oxygen atoms in total. The molecule has 0 amide bonds. The number of hydrogen-bond donors (Lipinski definition) is 2. The quantitative estimate of drug-likeness (QED) is 0.527. The van der Waals surface area contributed by atoms with Gasteiger partial charge in [-0.3, -0.25) is 14.7 Å². The third-order valence-electron chi connectivity index (χ3n) is 5.30. The molecule has 1 unspecified atom stereocenters. The van der Waals surface area contributed by atoms with E-state index in [1.54, 1.807) is 30.3 Å². The molecule has 0 spiro atoms. The van der Waals surface area contributed by atoms with E-state index in [-0.39, 0.29) is 17.2 Å². The lowest BCUT2D eigenvalue weighted by molar-refractivity contribution is 0.0888. The number of aromatic hydroxyl groups is 1. The number of phenolic OH excluding ortho intramolecular Hbond substituents is 1. The number of carbonyl (C=O) groups is 1. The van der Waals surface area contributed by atoms with Gasteiger partial charge in [-0.1, -0.05) is 43.3 Å². The molecule has 1 heterocycles. The first kappa shape index (κ1) is 18.0. The van der Waals surface area contributed by atoms with Crippen LogP contribution in [-0.2, 0) is 0 Å². The number of H-pyrrole nitrogens is 1. The Morgan fingerprint density at radius 3 is 2.68 bits per heavy atom. The molecule has 0 radical (unpaired) electrons. The van der Waals surface area contributed by atoms with Crippen molar-refractivity contribution < 1.29 is 9.90 Å². The number of rotatable bonds is 5. The molecule has 142 valence electrons. The maximum atomic E-state index is 12.6. The van der Waals surface area contributed by atoms with Gasteiger partial charge in [0.05, 0.1) is 10.9 Å². The van der Waals surface area contributed by atoms with Crippen molar-refractivity contribution in [1.29, 1.82) is 0 Å². The van der Waals surface area contributed by atoms with Crippen LogP contribution in [0.1, 0.15) is 42.5 Å². The van der Waals surface area contributed by atoms with Gasteiger partial charge in [0.25, 0.3) is 5.56 Å². The summed E-state index contributed by atoms with van der Waals surface area (Å²) in [5, 5.41) is 14.9. The van der Waals surface area contributed by atoms with Crippen LogP contribution in [0.15, 0.2) is 65.5 Å². The van der Waals surface area contributed by atoms with E-state index in [4.69, 9.17) is 0 Å².